The second kappa shape index (κ2) is 8.41. The van der Waals surface area contributed by atoms with Crippen LogP contribution in [0.1, 0.15) is 32.1 Å². The normalized spacial score (nSPS) is 15.1. The van der Waals surface area contributed by atoms with E-state index < -0.39 is 17.3 Å². The summed E-state index contributed by atoms with van der Waals surface area (Å²) in [6.07, 6.45) is 2.74. The first-order valence-electron chi connectivity index (χ1n) is 9.36. The third kappa shape index (κ3) is 3.91. The first-order valence-corrected chi connectivity index (χ1v) is 9.36. The predicted molar refractivity (Wildman–Crippen MR) is 110 cm³/mol. The lowest BCUT2D eigenvalue weighted by atomic mass is 9.89. The largest absolute Gasteiger partial charge is 0.477 e. The van der Waals surface area contributed by atoms with Gasteiger partial charge in [0.2, 0.25) is 0 Å². The summed E-state index contributed by atoms with van der Waals surface area (Å²) < 4.78 is 15.7. The van der Waals surface area contributed by atoms with Crippen molar-refractivity contribution in [3.63, 3.8) is 0 Å². The molecule has 2 aromatic rings. The van der Waals surface area contributed by atoms with Crippen molar-refractivity contribution in [3.05, 3.63) is 71.4 Å². The number of benzene rings is 1. The fraction of sp³-hybridized carbons (Fsp3) is 0.261. The Bertz CT molecular complexity index is 1020. The number of rotatable bonds is 6. The van der Waals surface area contributed by atoms with Crippen LogP contribution in [0, 0.1) is 0 Å². The number of furan rings is 1. The van der Waals surface area contributed by atoms with E-state index in [1.54, 1.807) is 45.0 Å². The molecule has 0 fully saturated rings. The smallest absolute Gasteiger partial charge is 0.341 e. The maximum atomic E-state index is 13.4. The summed E-state index contributed by atoms with van der Waals surface area (Å²) in [4.78, 5) is 40.4. The lowest BCUT2D eigenvalue weighted by Gasteiger charge is -2.40. The highest BCUT2D eigenvalue weighted by Gasteiger charge is 2.44. The Morgan fingerprint density at radius 3 is 2.43 bits per heavy atom. The molecule has 156 valence electrons. The van der Waals surface area contributed by atoms with Crippen LogP contribution in [0.3, 0.4) is 0 Å². The van der Waals surface area contributed by atoms with Crippen molar-refractivity contribution in [3.8, 4) is 0 Å². The van der Waals surface area contributed by atoms with Crippen LogP contribution >= 0.6 is 0 Å². The number of ketones is 1. The standard InChI is InChI=1S/C23H23NO6/c1-15-19(16-9-6-5-7-10-16)21(26)24(14-30-15)23(2,3)20(25)18(22(27)28-4)13-17-11-8-12-29-17/h5-13H,14H2,1-4H3. The van der Waals surface area contributed by atoms with Crippen LogP contribution in [0.15, 0.2) is 64.5 Å². The lowest BCUT2D eigenvalue weighted by molar-refractivity contribution is -0.149. The number of hydrogen-bond acceptors (Lipinski definition) is 6. The maximum absolute atomic E-state index is 13.4. The van der Waals surface area contributed by atoms with E-state index in [-0.39, 0.29) is 18.2 Å². The fourth-order valence-corrected chi connectivity index (χ4v) is 3.22. The summed E-state index contributed by atoms with van der Waals surface area (Å²) in [7, 11) is 1.19. The van der Waals surface area contributed by atoms with E-state index in [1.807, 2.05) is 18.2 Å². The van der Waals surface area contributed by atoms with E-state index in [0.717, 1.165) is 0 Å². The van der Waals surface area contributed by atoms with Crippen molar-refractivity contribution in [2.75, 3.05) is 13.8 Å². The Labute approximate surface area is 174 Å². The number of allylic oxidation sites excluding steroid dienone is 1. The van der Waals surface area contributed by atoms with Crippen LogP contribution in [0.4, 0.5) is 0 Å². The van der Waals surface area contributed by atoms with Gasteiger partial charge in [-0.1, -0.05) is 30.3 Å². The molecular weight excluding hydrogens is 386 g/mol. The molecule has 2 heterocycles. The van der Waals surface area contributed by atoms with Crippen LogP contribution in [0.5, 0.6) is 0 Å². The van der Waals surface area contributed by atoms with E-state index in [4.69, 9.17) is 13.9 Å². The Morgan fingerprint density at radius 1 is 1.13 bits per heavy atom. The van der Waals surface area contributed by atoms with E-state index in [2.05, 4.69) is 0 Å². The summed E-state index contributed by atoms with van der Waals surface area (Å²) in [6, 6.07) is 12.3. The van der Waals surface area contributed by atoms with Gasteiger partial charge in [-0.15, -0.1) is 0 Å². The van der Waals surface area contributed by atoms with Crippen molar-refractivity contribution in [1.82, 2.24) is 4.90 Å². The van der Waals surface area contributed by atoms with E-state index in [1.165, 1.54) is 24.3 Å². The number of carbonyl (C=O) groups excluding carboxylic acids is 3. The third-order valence-electron chi connectivity index (χ3n) is 4.99. The first-order chi connectivity index (χ1) is 14.3. The summed E-state index contributed by atoms with van der Waals surface area (Å²) >= 11 is 0. The molecule has 3 rings (SSSR count). The molecule has 7 heteroatoms. The van der Waals surface area contributed by atoms with Gasteiger partial charge >= 0.3 is 5.97 Å². The second-order valence-corrected chi connectivity index (χ2v) is 7.26. The Balaban J connectivity index is 1.98. The number of hydrogen-bond donors (Lipinski definition) is 0. The third-order valence-corrected chi connectivity index (χ3v) is 4.99. The zero-order valence-electron chi connectivity index (χ0n) is 17.3. The molecule has 30 heavy (non-hydrogen) atoms. The molecule has 0 spiro atoms. The number of ether oxygens (including phenoxy) is 2. The molecule has 1 amide bonds. The molecule has 0 aliphatic carbocycles. The summed E-state index contributed by atoms with van der Waals surface area (Å²) in [6.45, 7) is 4.73. The van der Waals surface area contributed by atoms with Crippen molar-refractivity contribution >= 4 is 29.3 Å². The summed E-state index contributed by atoms with van der Waals surface area (Å²) in [5, 5.41) is 0. The van der Waals surface area contributed by atoms with Gasteiger partial charge in [0.25, 0.3) is 5.91 Å². The number of esters is 1. The number of methoxy groups -OCH3 is 1. The van der Waals surface area contributed by atoms with E-state index in [0.29, 0.717) is 22.7 Å². The Kier molecular flexibility index (Phi) is 5.91. The van der Waals surface area contributed by atoms with E-state index >= 15 is 0 Å². The number of amides is 1. The molecular formula is C23H23NO6. The molecule has 0 atom stereocenters. The molecule has 7 nitrogen and oxygen atoms in total. The van der Waals surface area contributed by atoms with Crippen LogP contribution in [0.25, 0.3) is 11.6 Å². The minimum atomic E-state index is -1.38. The molecule has 1 aromatic carbocycles. The molecule has 1 aliphatic rings. The predicted octanol–water partition coefficient (Wildman–Crippen LogP) is 3.43. The molecule has 1 aromatic heterocycles. The van der Waals surface area contributed by atoms with Crippen LogP contribution in [-0.2, 0) is 23.9 Å². The van der Waals surface area contributed by atoms with Gasteiger partial charge in [0, 0.05) is 0 Å². The van der Waals surface area contributed by atoms with Gasteiger partial charge in [-0.05, 0) is 44.5 Å². The van der Waals surface area contributed by atoms with Gasteiger partial charge in [-0.25, -0.2) is 4.79 Å². The lowest BCUT2D eigenvalue weighted by Crippen LogP contribution is -2.56. The van der Waals surface area contributed by atoms with Gasteiger partial charge in [0.15, 0.2) is 12.5 Å². The van der Waals surface area contributed by atoms with Crippen molar-refractivity contribution in [2.24, 2.45) is 0 Å². The van der Waals surface area contributed by atoms with E-state index in [9.17, 15) is 14.4 Å². The monoisotopic (exact) mass is 409 g/mol. The zero-order chi connectivity index (χ0) is 21.9. The fourth-order valence-electron chi connectivity index (χ4n) is 3.22. The highest BCUT2D eigenvalue weighted by Crippen LogP contribution is 2.32. The minimum Gasteiger partial charge on any atom is -0.477 e. The molecule has 0 radical (unpaired) electrons. The van der Waals surface area contributed by atoms with Gasteiger partial charge in [0.05, 0.1) is 18.9 Å². The summed E-state index contributed by atoms with van der Waals surface area (Å²) in [5.74, 6) is -0.962. The summed E-state index contributed by atoms with van der Waals surface area (Å²) in [5.41, 5.74) is -0.549. The first kappa shape index (κ1) is 21.1. The van der Waals surface area contributed by atoms with Gasteiger partial charge < -0.3 is 13.9 Å². The van der Waals surface area contributed by atoms with Crippen molar-refractivity contribution < 1.29 is 28.3 Å². The van der Waals surface area contributed by atoms with Gasteiger partial charge in [0.1, 0.15) is 22.6 Å². The number of carbonyl (C=O) groups is 3. The van der Waals surface area contributed by atoms with Gasteiger partial charge in [-0.3, -0.25) is 14.5 Å². The number of nitrogens with zero attached hydrogens (tertiary/aromatic N) is 1. The molecule has 1 aliphatic heterocycles. The van der Waals surface area contributed by atoms with Crippen LogP contribution in [0.2, 0.25) is 0 Å². The highest BCUT2D eigenvalue weighted by molar-refractivity contribution is 6.26. The number of Topliss-reactive ketones (excluding diaryl/α,β-unsaturated/α-hetero) is 1. The van der Waals surface area contributed by atoms with Crippen molar-refractivity contribution in [2.45, 2.75) is 26.3 Å². The average molecular weight is 409 g/mol. The molecule has 0 bridgehead atoms. The second-order valence-electron chi connectivity index (χ2n) is 7.26. The molecule has 0 saturated heterocycles. The SMILES string of the molecule is COC(=O)C(=Cc1ccco1)C(=O)C(C)(C)N1COC(C)=C(c2ccccc2)C1=O. The topological polar surface area (TPSA) is 86.1 Å². The van der Waals surface area contributed by atoms with Crippen molar-refractivity contribution in [1.29, 1.82) is 0 Å². The maximum Gasteiger partial charge on any atom is 0.341 e. The van der Waals surface area contributed by atoms with Crippen LogP contribution in [-0.4, -0.2) is 41.9 Å². The molecule has 0 unspecified atom stereocenters. The average Bonchev–Trinajstić information content (AvgIpc) is 3.25. The Hall–Kier alpha value is -3.61. The minimum absolute atomic E-state index is 0.116. The van der Waals surface area contributed by atoms with Gasteiger partial charge in [-0.2, -0.15) is 0 Å². The molecule has 0 saturated carbocycles. The van der Waals surface area contributed by atoms with Crippen LogP contribution < -0.4 is 0 Å². The Morgan fingerprint density at radius 2 is 1.83 bits per heavy atom. The molecule has 0 N–H and O–H groups in total. The quantitative estimate of drug-likeness (QED) is 0.314. The zero-order valence-corrected chi connectivity index (χ0v) is 17.3. The highest BCUT2D eigenvalue weighted by atomic mass is 16.5.